The van der Waals surface area contributed by atoms with Crippen LogP contribution in [0.25, 0.3) is 0 Å². The maximum Gasteiger partial charge on any atom is 0.136 e. The van der Waals surface area contributed by atoms with Gasteiger partial charge in [0.05, 0.1) is 5.76 Å². The topological polar surface area (TPSA) is 9.23 Å². The average Bonchev–Trinajstić information content (AvgIpc) is 2.40. The molecule has 0 radical (unpaired) electrons. The van der Waals surface area contributed by atoms with Crippen LogP contribution in [0, 0.1) is 5.92 Å². The largest absolute Gasteiger partial charge is 0.487 e. The zero-order valence-corrected chi connectivity index (χ0v) is 13.0. The fourth-order valence-electron chi connectivity index (χ4n) is 3.38. The predicted octanol–water partition coefficient (Wildman–Crippen LogP) is 5.54. The van der Waals surface area contributed by atoms with Crippen LogP contribution < -0.4 is 0 Å². The molecule has 1 aliphatic carbocycles. The van der Waals surface area contributed by atoms with Crippen molar-refractivity contribution in [3.05, 3.63) is 35.1 Å². The summed E-state index contributed by atoms with van der Waals surface area (Å²) in [4.78, 5) is 0. The van der Waals surface area contributed by atoms with Gasteiger partial charge in [0.1, 0.15) is 5.60 Å². The molecule has 2 atom stereocenters. The Hall–Kier alpha value is -0.980. The molecule has 0 aromatic carbocycles. The van der Waals surface area contributed by atoms with Crippen molar-refractivity contribution in [1.29, 1.82) is 0 Å². The molecular formula is C18H28O. The Balaban J connectivity index is 2.18. The predicted molar refractivity (Wildman–Crippen MR) is 82.0 cm³/mol. The van der Waals surface area contributed by atoms with Crippen LogP contribution in [0.3, 0.4) is 0 Å². The highest BCUT2D eigenvalue weighted by atomic mass is 16.5. The Labute approximate surface area is 118 Å². The maximum absolute atomic E-state index is 6.39. The van der Waals surface area contributed by atoms with Crippen LogP contribution >= 0.6 is 0 Å². The molecule has 0 fully saturated rings. The van der Waals surface area contributed by atoms with Gasteiger partial charge in [-0.3, -0.25) is 0 Å². The molecule has 0 spiro atoms. The average molecular weight is 260 g/mol. The normalized spacial score (nSPS) is 29.9. The molecule has 0 bridgehead atoms. The van der Waals surface area contributed by atoms with Gasteiger partial charge in [-0.25, -0.2) is 0 Å². The Kier molecular flexibility index (Phi) is 4.54. The van der Waals surface area contributed by atoms with Gasteiger partial charge in [0, 0.05) is 5.92 Å². The van der Waals surface area contributed by atoms with Crippen molar-refractivity contribution in [1.82, 2.24) is 0 Å². The molecule has 2 rings (SSSR count). The molecule has 1 nitrogen and oxygen atoms in total. The second kappa shape index (κ2) is 5.98. The summed E-state index contributed by atoms with van der Waals surface area (Å²) in [6.07, 6.45) is 14.3. The Morgan fingerprint density at radius 3 is 2.74 bits per heavy atom. The minimum Gasteiger partial charge on any atom is -0.487 e. The molecule has 0 amide bonds. The van der Waals surface area contributed by atoms with E-state index in [1.165, 1.54) is 36.8 Å². The molecule has 2 aliphatic rings. The van der Waals surface area contributed by atoms with Gasteiger partial charge in [0.15, 0.2) is 0 Å². The number of hydrogen-bond donors (Lipinski definition) is 0. The molecule has 0 aromatic heterocycles. The zero-order valence-electron chi connectivity index (χ0n) is 13.0. The van der Waals surface area contributed by atoms with Gasteiger partial charge in [-0.05, 0) is 44.8 Å². The lowest BCUT2D eigenvalue weighted by atomic mass is 9.70. The molecule has 1 heterocycles. The van der Waals surface area contributed by atoms with Crippen LogP contribution in [0.15, 0.2) is 35.1 Å². The van der Waals surface area contributed by atoms with E-state index in [0.29, 0.717) is 5.92 Å². The minimum atomic E-state index is -0.0502. The van der Waals surface area contributed by atoms with Gasteiger partial charge in [0.2, 0.25) is 0 Å². The van der Waals surface area contributed by atoms with E-state index in [9.17, 15) is 0 Å². The SMILES string of the molecule is CCCCCCC12OC(C)=CCC1=CC=C(C)C2C. The molecule has 0 saturated heterocycles. The van der Waals surface area contributed by atoms with Crippen LogP contribution in [0.4, 0.5) is 0 Å². The molecule has 0 saturated carbocycles. The third kappa shape index (κ3) is 2.80. The van der Waals surface area contributed by atoms with Crippen molar-refractivity contribution < 1.29 is 4.74 Å². The highest BCUT2D eigenvalue weighted by Gasteiger charge is 2.44. The number of hydrogen-bond acceptors (Lipinski definition) is 1. The van der Waals surface area contributed by atoms with E-state index in [-0.39, 0.29) is 5.60 Å². The van der Waals surface area contributed by atoms with Gasteiger partial charge in [-0.2, -0.15) is 0 Å². The zero-order chi connectivity index (χ0) is 13.9. The summed E-state index contributed by atoms with van der Waals surface area (Å²) in [7, 11) is 0. The summed E-state index contributed by atoms with van der Waals surface area (Å²) >= 11 is 0. The third-order valence-electron chi connectivity index (χ3n) is 4.83. The van der Waals surface area contributed by atoms with Crippen molar-refractivity contribution in [2.24, 2.45) is 5.92 Å². The lowest BCUT2D eigenvalue weighted by molar-refractivity contribution is -0.0180. The minimum absolute atomic E-state index is 0.0502. The molecule has 0 N–H and O–H groups in total. The van der Waals surface area contributed by atoms with E-state index in [4.69, 9.17) is 4.74 Å². The second-order valence-electron chi connectivity index (χ2n) is 6.15. The van der Waals surface area contributed by atoms with Crippen LogP contribution in [0.5, 0.6) is 0 Å². The molecule has 19 heavy (non-hydrogen) atoms. The fourth-order valence-corrected chi connectivity index (χ4v) is 3.38. The van der Waals surface area contributed by atoms with Crippen molar-refractivity contribution in [2.75, 3.05) is 0 Å². The van der Waals surface area contributed by atoms with E-state index in [1.807, 2.05) is 0 Å². The number of ether oxygens (including phenoxy) is 1. The Morgan fingerprint density at radius 2 is 2.00 bits per heavy atom. The molecular weight excluding hydrogens is 232 g/mol. The van der Waals surface area contributed by atoms with Crippen molar-refractivity contribution in [2.45, 2.75) is 71.8 Å². The summed E-state index contributed by atoms with van der Waals surface area (Å²) in [5.74, 6) is 1.60. The number of fused-ring (bicyclic) bond motifs is 1. The lowest BCUT2D eigenvalue weighted by Crippen LogP contribution is -2.44. The first-order chi connectivity index (χ1) is 9.10. The van der Waals surface area contributed by atoms with Crippen molar-refractivity contribution in [3.8, 4) is 0 Å². The van der Waals surface area contributed by atoms with Gasteiger partial charge in [0.25, 0.3) is 0 Å². The van der Waals surface area contributed by atoms with Gasteiger partial charge < -0.3 is 4.74 Å². The monoisotopic (exact) mass is 260 g/mol. The van der Waals surface area contributed by atoms with Crippen LogP contribution in [0.2, 0.25) is 0 Å². The van der Waals surface area contributed by atoms with Gasteiger partial charge in [-0.15, -0.1) is 0 Å². The fraction of sp³-hybridized carbons (Fsp3) is 0.667. The summed E-state index contributed by atoms with van der Waals surface area (Å²) in [6, 6.07) is 0. The first kappa shape index (κ1) is 14.4. The van der Waals surface area contributed by atoms with E-state index < -0.39 is 0 Å². The van der Waals surface area contributed by atoms with Crippen LogP contribution in [-0.2, 0) is 4.74 Å². The first-order valence-electron chi connectivity index (χ1n) is 7.83. The highest BCUT2D eigenvalue weighted by molar-refractivity contribution is 5.38. The Morgan fingerprint density at radius 1 is 1.21 bits per heavy atom. The summed E-state index contributed by atoms with van der Waals surface area (Å²) in [5.41, 5.74) is 2.88. The van der Waals surface area contributed by atoms with Crippen LogP contribution in [-0.4, -0.2) is 5.60 Å². The smallest absolute Gasteiger partial charge is 0.136 e. The summed E-state index contributed by atoms with van der Waals surface area (Å²) < 4.78 is 6.39. The molecule has 2 unspecified atom stereocenters. The van der Waals surface area contributed by atoms with Crippen molar-refractivity contribution >= 4 is 0 Å². The van der Waals surface area contributed by atoms with E-state index >= 15 is 0 Å². The van der Waals surface area contributed by atoms with Crippen LogP contribution in [0.1, 0.15) is 66.2 Å². The lowest BCUT2D eigenvalue weighted by Gasteiger charge is -2.46. The molecule has 1 heteroatoms. The molecule has 1 aliphatic heterocycles. The maximum atomic E-state index is 6.39. The highest BCUT2D eigenvalue weighted by Crippen LogP contribution is 2.46. The number of rotatable bonds is 5. The third-order valence-corrected chi connectivity index (χ3v) is 4.83. The molecule has 0 aromatic rings. The van der Waals surface area contributed by atoms with Crippen molar-refractivity contribution in [3.63, 3.8) is 0 Å². The Bertz CT molecular complexity index is 413. The second-order valence-corrected chi connectivity index (χ2v) is 6.15. The number of allylic oxidation sites excluding steroid dienone is 4. The number of unbranched alkanes of at least 4 members (excludes halogenated alkanes) is 3. The van der Waals surface area contributed by atoms with E-state index in [0.717, 1.165) is 18.6 Å². The first-order valence-corrected chi connectivity index (χ1v) is 7.83. The van der Waals surface area contributed by atoms with E-state index in [2.05, 4.69) is 45.9 Å². The van der Waals surface area contributed by atoms with Gasteiger partial charge in [-0.1, -0.05) is 50.8 Å². The summed E-state index contributed by atoms with van der Waals surface area (Å²) in [6.45, 7) is 8.94. The summed E-state index contributed by atoms with van der Waals surface area (Å²) in [5, 5.41) is 0. The molecule has 106 valence electrons. The standard InChI is InChI=1S/C18H28O/c1-5-6-7-8-13-18-16(4)14(2)9-11-17(18)12-10-15(3)19-18/h9-11,16H,5-8,12-13H2,1-4H3. The van der Waals surface area contributed by atoms with E-state index in [1.54, 1.807) is 0 Å². The quantitative estimate of drug-likeness (QED) is 0.589. The van der Waals surface area contributed by atoms with Gasteiger partial charge >= 0.3 is 0 Å².